The van der Waals surface area contributed by atoms with E-state index in [2.05, 4.69) is 0 Å². The summed E-state index contributed by atoms with van der Waals surface area (Å²) >= 11 is 0. The first-order valence-corrected chi connectivity index (χ1v) is 5.35. The Bertz CT molecular complexity index is 343. The van der Waals surface area contributed by atoms with Crippen LogP contribution in [0.3, 0.4) is 0 Å². The van der Waals surface area contributed by atoms with E-state index in [9.17, 15) is 9.59 Å². The summed E-state index contributed by atoms with van der Waals surface area (Å²) in [6.45, 7) is 4.62. The lowest BCUT2D eigenvalue weighted by Crippen LogP contribution is -2.33. The second-order valence-corrected chi connectivity index (χ2v) is 4.12. The molecule has 6 nitrogen and oxygen atoms in total. The van der Waals surface area contributed by atoms with Gasteiger partial charge in [0.15, 0.2) is 0 Å². The van der Waals surface area contributed by atoms with Crippen LogP contribution in [0.2, 0.25) is 0 Å². The lowest BCUT2D eigenvalue weighted by molar-refractivity contribution is -0.128. The predicted octanol–water partition coefficient (Wildman–Crippen LogP) is -0.660. The molecule has 1 saturated heterocycles. The molecule has 0 aliphatic carbocycles. The second-order valence-electron chi connectivity index (χ2n) is 4.12. The molecule has 2 amide bonds. The first-order chi connectivity index (χ1) is 7.90. The van der Waals surface area contributed by atoms with Crippen molar-refractivity contribution in [3.05, 3.63) is 23.5 Å². The average Bonchev–Trinajstić information content (AvgIpc) is 2.63. The molecule has 0 aromatic carbocycles. The number of allylic oxidation sites excluding steroid dienone is 2. The summed E-state index contributed by atoms with van der Waals surface area (Å²) < 4.78 is 0. The Morgan fingerprint density at radius 2 is 1.29 bits per heavy atom. The van der Waals surface area contributed by atoms with Gasteiger partial charge in [-0.2, -0.15) is 0 Å². The molecule has 0 atom stereocenters. The van der Waals surface area contributed by atoms with E-state index >= 15 is 0 Å². The third-order valence-corrected chi connectivity index (χ3v) is 2.31. The minimum atomic E-state index is -0.172. The minimum Gasteiger partial charge on any atom is -0.402 e. The number of hydrogen-bond acceptors (Lipinski definition) is 4. The zero-order chi connectivity index (χ0) is 13.0. The van der Waals surface area contributed by atoms with E-state index < -0.39 is 0 Å². The molecule has 17 heavy (non-hydrogen) atoms. The number of carbonyl (C=O) groups excluding carboxylic acids is 2. The second kappa shape index (κ2) is 5.38. The van der Waals surface area contributed by atoms with E-state index in [0.29, 0.717) is 24.5 Å². The molecule has 1 aliphatic heterocycles. The van der Waals surface area contributed by atoms with Gasteiger partial charge in [0.05, 0.1) is 6.67 Å². The van der Waals surface area contributed by atoms with Crippen molar-refractivity contribution in [3.63, 3.8) is 0 Å². The van der Waals surface area contributed by atoms with Gasteiger partial charge in [0, 0.05) is 36.6 Å². The predicted molar refractivity (Wildman–Crippen MR) is 64.2 cm³/mol. The molecule has 1 heterocycles. The highest BCUT2D eigenvalue weighted by molar-refractivity contribution is 5.91. The van der Waals surface area contributed by atoms with Gasteiger partial charge in [0.25, 0.3) is 0 Å². The van der Waals surface area contributed by atoms with Crippen molar-refractivity contribution < 1.29 is 9.59 Å². The van der Waals surface area contributed by atoms with Crippen molar-refractivity contribution in [2.45, 2.75) is 13.8 Å². The quantitative estimate of drug-likeness (QED) is 0.625. The third kappa shape index (κ3) is 3.82. The molecule has 0 unspecified atom stereocenters. The van der Waals surface area contributed by atoms with E-state index in [1.54, 1.807) is 23.6 Å². The highest BCUT2D eigenvalue weighted by Gasteiger charge is 2.25. The number of amides is 2. The van der Waals surface area contributed by atoms with Gasteiger partial charge in [-0.25, -0.2) is 0 Å². The number of carbonyl (C=O) groups is 2. The average molecular weight is 238 g/mol. The molecule has 6 heteroatoms. The van der Waals surface area contributed by atoms with E-state index in [1.807, 2.05) is 0 Å². The van der Waals surface area contributed by atoms with Gasteiger partial charge in [-0.05, 0) is 13.8 Å². The van der Waals surface area contributed by atoms with Crippen LogP contribution in [-0.4, -0.2) is 41.4 Å². The van der Waals surface area contributed by atoms with Gasteiger partial charge in [-0.3, -0.25) is 9.59 Å². The van der Waals surface area contributed by atoms with Gasteiger partial charge in [-0.15, -0.1) is 0 Å². The van der Waals surface area contributed by atoms with Crippen LogP contribution >= 0.6 is 0 Å². The van der Waals surface area contributed by atoms with E-state index in [4.69, 9.17) is 11.5 Å². The first kappa shape index (κ1) is 13.1. The largest absolute Gasteiger partial charge is 0.402 e. The van der Waals surface area contributed by atoms with Crippen molar-refractivity contribution >= 4 is 11.8 Å². The van der Waals surface area contributed by atoms with Crippen LogP contribution in [-0.2, 0) is 9.59 Å². The number of hydrogen-bond donors (Lipinski definition) is 2. The highest BCUT2D eigenvalue weighted by Crippen LogP contribution is 2.07. The number of rotatable bonds is 2. The maximum absolute atomic E-state index is 11.6. The van der Waals surface area contributed by atoms with Gasteiger partial charge < -0.3 is 21.3 Å². The van der Waals surface area contributed by atoms with Crippen LogP contribution in [0.5, 0.6) is 0 Å². The Kier molecular flexibility index (Phi) is 4.14. The number of nitrogens with zero attached hydrogens (tertiary/aromatic N) is 2. The SMILES string of the molecule is C/C(N)=C/C(=O)N1CCN(C(=O)/C=C(/C)N)C1. The fourth-order valence-corrected chi connectivity index (χ4v) is 1.52. The van der Waals surface area contributed by atoms with E-state index in [0.717, 1.165) is 0 Å². The van der Waals surface area contributed by atoms with Crippen LogP contribution in [0.1, 0.15) is 13.8 Å². The Balaban J connectivity index is 2.59. The van der Waals surface area contributed by atoms with Crippen molar-refractivity contribution in [3.8, 4) is 0 Å². The summed E-state index contributed by atoms with van der Waals surface area (Å²) in [5.41, 5.74) is 11.8. The van der Waals surface area contributed by atoms with Crippen molar-refractivity contribution in [1.82, 2.24) is 9.80 Å². The van der Waals surface area contributed by atoms with E-state index in [1.165, 1.54) is 12.2 Å². The Hall–Kier alpha value is -1.98. The molecule has 0 saturated carbocycles. The Labute approximate surface area is 101 Å². The molecule has 0 bridgehead atoms. The Morgan fingerprint density at radius 1 is 0.941 bits per heavy atom. The fraction of sp³-hybridized carbons (Fsp3) is 0.455. The number of nitrogens with two attached hydrogens (primary N) is 2. The zero-order valence-electron chi connectivity index (χ0n) is 10.1. The molecular formula is C11H18N4O2. The Morgan fingerprint density at radius 3 is 1.59 bits per heavy atom. The molecule has 4 N–H and O–H groups in total. The monoisotopic (exact) mass is 238 g/mol. The maximum atomic E-state index is 11.6. The minimum absolute atomic E-state index is 0.172. The van der Waals surface area contributed by atoms with Crippen LogP contribution in [0, 0.1) is 0 Å². The summed E-state index contributed by atoms with van der Waals surface area (Å²) in [5.74, 6) is -0.345. The molecule has 1 fully saturated rings. The molecule has 0 aromatic rings. The van der Waals surface area contributed by atoms with Crippen LogP contribution < -0.4 is 11.5 Å². The van der Waals surface area contributed by atoms with Crippen molar-refractivity contribution in [2.24, 2.45) is 11.5 Å². The lowest BCUT2D eigenvalue weighted by atomic mass is 10.4. The fourth-order valence-electron chi connectivity index (χ4n) is 1.52. The van der Waals surface area contributed by atoms with Crippen molar-refractivity contribution in [2.75, 3.05) is 19.8 Å². The summed E-state index contributed by atoms with van der Waals surface area (Å²) in [6.07, 6.45) is 2.72. The van der Waals surface area contributed by atoms with Crippen LogP contribution in [0.15, 0.2) is 23.5 Å². The molecule has 1 rings (SSSR count). The van der Waals surface area contributed by atoms with Gasteiger partial charge in [-0.1, -0.05) is 0 Å². The van der Waals surface area contributed by atoms with Crippen molar-refractivity contribution in [1.29, 1.82) is 0 Å². The lowest BCUT2D eigenvalue weighted by Gasteiger charge is -2.16. The molecule has 94 valence electrons. The van der Waals surface area contributed by atoms with Crippen LogP contribution in [0.25, 0.3) is 0 Å². The summed E-state index contributed by atoms with van der Waals surface area (Å²) in [7, 11) is 0. The van der Waals surface area contributed by atoms with Gasteiger partial charge in [0.2, 0.25) is 11.8 Å². The zero-order valence-corrected chi connectivity index (χ0v) is 10.1. The molecular weight excluding hydrogens is 220 g/mol. The normalized spacial score (nSPS) is 17.5. The van der Waals surface area contributed by atoms with Gasteiger partial charge >= 0.3 is 0 Å². The third-order valence-electron chi connectivity index (χ3n) is 2.31. The first-order valence-electron chi connectivity index (χ1n) is 5.35. The standard InChI is InChI=1S/C11H18N4O2/c1-8(12)5-10(16)14-3-4-15(7-14)11(17)6-9(2)13/h5-6H,3-4,7,12-13H2,1-2H3/b8-5-,9-6-. The molecule has 0 radical (unpaired) electrons. The molecule has 0 spiro atoms. The topological polar surface area (TPSA) is 92.7 Å². The smallest absolute Gasteiger partial charge is 0.249 e. The maximum Gasteiger partial charge on any atom is 0.249 e. The molecule has 1 aliphatic rings. The van der Waals surface area contributed by atoms with E-state index in [-0.39, 0.29) is 18.5 Å². The van der Waals surface area contributed by atoms with Gasteiger partial charge in [0.1, 0.15) is 0 Å². The summed E-state index contributed by atoms with van der Waals surface area (Å²) in [4.78, 5) is 26.4. The molecule has 0 aromatic heterocycles. The highest BCUT2D eigenvalue weighted by atomic mass is 16.2. The van der Waals surface area contributed by atoms with Crippen LogP contribution in [0.4, 0.5) is 0 Å². The summed E-state index contributed by atoms with van der Waals surface area (Å²) in [6, 6.07) is 0. The summed E-state index contributed by atoms with van der Waals surface area (Å²) in [5, 5.41) is 0.